The molecule has 84 valence electrons. The first-order valence-corrected chi connectivity index (χ1v) is 5.45. The van der Waals surface area contributed by atoms with E-state index in [0.29, 0.717) is 18.5 Å². The number of benzene rings is 1. The summed E-state index contributed by atoms with van der Waals surface area (Å²) in [6, 6.07) is 5.55. The summed E-state index contributed by atoms with van der Waals surface area (Å²) in [4.78, 5) is 24.0. The van der Waals surface area contributed by atoms with Crippen LogP contribution in [0.15, 0.2) is 18.2 Å². The highest BCUT2D eigenvalue weighted by Crippen LogP contribution is 2.30. The molecule has 0 saturated carbocycles. The van der Waals surface area contributed by atoms with Crippen molar-refractivity contribution in [2.75, 3.05) is 17.3 Å². The largest absolute Gasteiger partial charge is 0.388 e. The van der Waals surface area contributed by atoms with Gasteiger partial charge in [-0.1, -0.05) is 12.6 Å². The van der Waals surface area contributed by atoms with Crippen molar-refractivity contribution in [1.82, 2.24) is 0 Å². The Bertz CT molecular complexity index is 459. The van der Waals surface area contributed by atoms with E-state index in [1.807, 2.05) is 19.2 Å². The van der Waals surface area contributed by atoms with E-state index in [9.17, 15) is 9.59 Å². The molecular weight excluding hydrogens is 224 g/mol. The molecule has 1 N–H and O–H groups in total. The number of carbonyl (C=O) groups excluding carboxylic acids is 2. The Morgan fingerprint density at radius 1 is 1.44 bits per heavy atom. The van der Waals surface area contributed by atoms with Crippen LogP contribution in [0.1, 0.15) is 12.0 Å². The van der Waals surface area contributed by atoms with Crippen molar-refractivity contribution < 1.29 is 9.59 Å². The third-order valence-corrected chi connectivity index (χ3v) is 2.86. The standard InChI is InChI=1S/C11H12N2O2S/c1-12-8-3-4-9-7(6-8)2-5-10(14)13(9)11(15)16/h3-4,6,12H,2,5H2,1H3,(H,15,16). The second-order valence-electron chi connectivity index (χ2n) is 3.61. The van der Waals surface area contributed by atoms with Gasteiger partial charge >= 0.3 is 0 Å². The zero-order chi connectivity index (χ0) is 11.7. The first-order chi connectivity index (χ1) is 7.63. The molecule has 1 heterocycles. The number of nitrogens with zero attached hydrogens (tertiary/aromatic N) is 1. The minimum absolute atomic E-state index is 0.190. The average Bonchev–Trinajstić information content (AvgIpc) is 2.27. The number of imide groups is 1. The van der Waals surface area contributed by atoms with E-state index >= 15 is 0 Å². The molecular formula is C11H12N2O2S. The fourth-order valence-electron chi connectivity index (χ4n) is 1.86. The van der Waals surface area contributed by atoms with E-state index in [1.54, 1.807) is 6.07 Å². The number of anilines is 2. The molecule has 0 aromatic heterocycles. The first-order valence-electron chi connectivity index (χ1n) is 5.00. The highest BCUT2D eigenvalue weighted by Gasteiger charge is 2.27. The quantitative estimate of drug-likeness (QED) is 0.734. The van der Waals surface area contributed by atoms with E-state index in [2.05, 4.69) is 17.9 Å². The van der Waals surface area contributed by atoms with Gasteiger partial charge in [-0.3, -0.25) is 9.59 Å². The van der Waals surface area contributed by atoms with E-state index in [4.69, 9.17) is 0 Å². The maximum absolute atomic E-state index is 11.6. The minimum Gasteiger partial charge on any atom is -0.388 e. The number of fused-ring (bicyclic) bond motifs is 1. The van der Waals surface area contributed by atoms with E-state index < -0.39 is 5.24 Å². The lowest BCUT2D eigenvalue weighted by molar-refractivity contribution is -0.118. The van der Waals surface area contributed by atoms with Crippen molar-refractivity contribution in [2.24, 2.45) is 0 Å². The number of aryl methyl sites for hydroxylation is 1. The smallest absolute Gasteiger partial charge is 0.289 e. The predicted molar refractivity (Wildman–Crippen MR) is 66.2 cm³/mol. The molecule has 1 aromatic rings. The molecule has 16 heavy (non-hydrogen) atoms. The molecule has 2 rings (SSSR count). The van der Waals surface area contributed by atoms with E-state index in [1.165, 1.54) is 0 Å². The van der Waals surface area contributed by atoms with Crippen LogP contribution in [-0.4, -0.2) is 18.2 Å². The van der Waals surface area contributed by atoms with Gasteiger partial charge in [0.15, 0.2) is 0 Å². The molecule has 1 aromatic carbocycles. The molecule has 5 heteroatoms. The monoisotopic (exact) mass is 236 g/mol. The molecule has 0 atom stereocenters. The van der Waals surface area contributed by atoms with Crippen LogP contribution < -0.4 is 10.2 Å². The third-order valence-electron chi connectivity index (χ3n) is 2.66. The molecule has 1 aliphatic rings. The molecule has 2 amide bonds. The van der Waals surface area contributed by atoms with Crippen molar-refractivity contribution in [2.45, 2.75) is 12.8 Å². The molecule has 4 nitrogen and oxygen atoms in total. The fourth-order valence-corrected chi connectivity index (χ4v) is 2.08. The molecule has 0 fully saturated rings. The van der Waals surface area contributed by atoms with Gasteiger partial charge in [-0.25, -0.2) is 4.90 Å². The summed E-state index contributed by atoms with van der Waals surface area (Å²) in [7, 11) is 1.83. The summed E-state index contributed by atoms with van der Waals surface area (Å²) in [5, 5.41) is 2.50. The maximum Gasteiger partial charge on any atom is 0.289 e. The fraction of sp³-hybridized carbons (Fsp3) is 0.273. The zero-order valence-electron chi connectivity index (χ0n) is 8.86. The van der Waals surface area contributed by atoms with Crippen LogP contribution in [-0.2, 0) is 11.2 Å². The van der Waals surface area contributed by atoms with Crippen LogP contribution in [0.5, 0.6) is 0 Å². The Hall–Kier alpha value is -1.49. The molecule has 0 radical (unpaired) electrons. The van der Waals surface area contributed by atoms with Gasteiger partial charge in [0.05, 0.1) is 5.69 Å². The van der Waals surface area contributed by atoms with Gasteiger partial charge in [0.1, 0.15) is 0 Å². The van der Waals surface area contributed by atoms with Crippen molar-refractivity contribution in [1.29, 1.82) is 0 Å². The number of rotatable bonds is 1. The first kappa shape index (κ1) is 11.0. The van der Waals surface area contributed by atoms with Crippen LogP contribution >= 0.6 is 12.6 Å². The molecule has 0 aliphatic carbocycles. The lowest BCUT2D eigenvalue weighted by Crippen LogP contribution is -2.37. The number of hydrogen-bond donors (Lipinski definition) is 2. The van der Waals surface area contributed by atoms with Crippen LogP contribution in [0.2, 0.25) is 0 Å². The molecule has 0 spiro atoms. The summed E-state index contributed by atoms with van der Waals surface area (Å²) >= 11 is 3.72. The van der Waals surface area contributed by atoms with E-state index in [0.717, 1.165) is 16.2 Å². The Morgan fingerprint density at radius 2 is 2.19 bits per heavy atom. The molecule has 0 saturated heterocycles. The summed E-state index contributed by atoms with van der Waals surface area (Å²) in [5.74, 6) is -0.190. The van der Waals surface area contributed by atoms with E-state index in [-0.39, 0.29) is 5.91 Å². The lowest BCUT2D eigenvalue weighted by atomic mass is 10.0. The van der Waals surface area contributed by atoms with Gasteiger partial charge in [-0.05, 0) is 30.2 Å². The lowest BCUT2D eigenvalue weighted by Gasteiger charge is -2.26. The number of hydrogen-bond acceptors (Lipinski definition) is 3. The number of carbonyl (C=O) groups is 2. The highest BCUT2D eigenvalue weighted by atomic mass is 32.1. The maximum atomic E-state index is 11.6. The highest BCUT2D eigenvalue weighted by molar-refractivity contribution is 7.97. The topological polar surface area (TPSA) is 49.4 Å². The van der Waals surface area contributed by atoms with Crippen molar-refractivity contribution in [3.8, 4) is 0 Å². The van der Waals surface area contributed by atoms with Gasteiger partial charge in [-0.2, -0.15) is 0 Å². The molecule has 0 unspecified atom stereocenters. The summed E-state index contributed by atoms with van der Waals surface area (Å²) in [6.07, 6.45) is 1.02. The van der Waals surface area contributed by atoms with Gasteiger partial charge in [-0.15, -0.1) is 0 Å². The normalized spacial score (nSPS) is 14.6. The van der Waals surface area contributed by atoms with Crippen molar-refractivity contribution in [3.63, 3.8) is 0 Å². The SMILES string of the molecule is CNc1ccc2c(c1)CCC(=O)N2C(=O)S. The van der Waals surface area contributed by atoms with Gasteiger partial charge in [0.25, 0.3) is 5.24 Å². The molecule has 1 aliphatic heterocycles. The Balaban J connectivity index is 2.48. The van der Waals surface area contributed by atoms with Crippen LogP contribution in [0.3, 0.4) is 0 Å². The second kappa shape index (κ2) is 4.17. The van der Waals surface area contributed by atoms with Crippen LogP contribution in [0, 0.1) is 0 Å². The van der Waals surface area contributed by atoms with Crippen molar-refractivity contribution >= 4 is 35.1 Å². The Morgan fingerprint density at radius 3 is 2.81 bits per heavy atom. The summed E-state index contributed by atoms with van der Waals surface area (Å²) in [6.45, 7) is 0. The Labute approximate surface area is 99.0 Å². The summed E-state index contributed by atoms with van der Waals surface area (Å²) in [5.41, 5.74) is 2.61. The average molecular weight is 236 g/mol. The van der Waals surface area contributed by atoms with Crippen LogP contribution in [0.4, 0.5) is 16.2 Å². The predicted octanol–water partition coefficient (Wildman–Crippen LogP) is 2.06. The van der Waals surface area contributed by atoms with Gasteiger partial charge in [0.2, 0.25) is 5.91 Å². The zero-order valence-corrected chi connectivity index (χ0v) is 9.75. The van der Waals surface area contributed by atoms with Gasteiger partial charge in [0, 0.05) is 19.2 Å². The Kier molecular flexibility index (Phi) is 2.87. The van der Waals surface area contributed by atoms with Crippen LogP contribution in [0.25, 0.3) is 0 Å². The summed E-state index contributed by atoms with van der Waals surface area (Å²) < 4.78 is 0. The number of amides is 2. The van der Waals surface area contributed by atoms with Crippen molar-refractivity contribution in [3.05, 3.63) is 23.8 Å². The second-order valence-corrected chi connectivity index (χ2v) is 3.99. The minimum atomic E-state index is -0.525. The third kappa shape index (κ3) is 1.78. The van der Waals surface area contributed by atoms with Gasteiger partial charge < -0.3 is 5.32 Å². The molecule has 0 bridgehead atoms. The number of thiol groups is 1. The number of nitrogens with one attached hydrogen (secondary N) is 1.